The van der Waals surface area contributed by atoms with Crippen LogP contribution in [0.25, 0.3) is 0 Å². The Morgan fingerprint density at radius 3 is 2.76 bits per heavy atom. The fourth-order valence-corrected chi connectivity index (χ4v) is 4.92. The summed E-state index contributed by atoms with van der Waals surface area (Å²) in [5, 5.41) is 10.2. The molecule has 8 heteroatoms. The second-order valence-corrected chi connectivity index (χ2v) is 8.34. The lowest BCUT2D eigenvalue weighted by Gasteiger charge is -2.58. The van der Waals surface area contributed by atoms with Gasteiger partial charge in [-0.3, -0.25) is 29.3 Å². The number of aromatic nitrogens is 1. The lowest BCUT2D eigenvalue weighted by atomic mass is 9.82. The summed E-state index contributed by atoms with van der Waals surface area (Å²) >= 11 is 0. The summed E-state index contributed by atoms with van der Waals surface area (Å²) in [6.07, 6.45) is 3.34. The van der Waals surface area contributed by atoms with Gasteiger partial charge >= 0.3 is 0 Å². The molecule has 5 heterocycles. The van der Waals surface area contributed by atoms with Crippen molar-refractivity contribution in [1.82, 2.24) is 19.7 Å². The Hall–Kier alpha value is -2.55. The van der Waals surface area contributed by atoms with E-state index in [4.69, 9.17) is 4.42 Å². The summed E-state index contributed by atoms with van der Waals surface area (Å²) < 4.78 is 5.61. The minimum atomic E-state index is -0.764. The zero-order valence-corrected chi connectivity index (χ0v) is 16.3. The number of imide groups is 1. The van der Waals surface area contributed by atoms with Crippen molar-refractivity contribution in [1.29, 1.82) is 0 Å². The van der Waals surface area contributed by atoms with Crippen LogP contribution in [0.1, 0.15) is 23.5 Å². The number of nitrogens with zero attached hydrogens (tertiary/aromatic N) is 4. The normalized spacial score (nSPS) is 26.8. The van der Waals surface area contributed by atoms with E-state index in [9.17, 15) is 14.7 Å². The van der Waals surface area contributed by atoms with Crippen LogP contribution in [0, 0.1) is 6.92 Å². The molecule has 2 aromatic rings. The van der Waals surface area contributed by atoms with Gasteiger partial charge < -0.3 is 9.52 Å². The summed E-state index contributed by atoms with van der Waals surface area (Å²) in [5.74, 6) is 0.912. The summed E-state index contributed by atoms with van der Waals surface area (Å²) in [6.45, 7) is 4.10. The van der Waals surface area contributed by atoms with Crippen LogP contribution in [0.2, 0.25) is 0 Å². The molecule has 0 saturated carbocycles. The third kappa shape index (κ3) is 2.99. The van der Waals surface area contributed by atoms with Crippen molar-refractivity contribution in [2.45, 2.75) is 44.1 Å². The van der Waals surface area contributed by atoms with Gasteiger partial charge in [0.05, 0.1) is 18.7 Å². The molecule has 29 heavy (non-hydrogen) atoms. The molecule has 1 N–H and O–H groups in total. The zero-order valence-electron chi connectivity index (χ0n) is 16.3. The number of furan rings is 1. The third-order valence-electron chi connectivity index (χ3n) is 6.23. The molecular weight excluding hydrogens is 372 g/mol. The van der Waals surface area contributed by atoms with Crippen LogP contribution in [0.4, 0.5) is 0 Å². The van der Waals surface area contributed by atoms with Crippen molar-refractivity contribution in [3.05, 3.63) is 53.7 Å². The predicted octanol–water partition coefficient (Wildman–Crippen LogP) is 0.542. The van der Waals surface area contributed by atoms with Crippen molar-refractivity contribution in [2.75, 3.05) is 19.6 Å². The van der Waals surface area contributed by atoms with E-state index in [1.165, 1.54) is 4.90 Å². The first-order valence-corrected chi connectivity index (χ1v) is 9.93. The number of β-amino-alcohol motifs (C(OH)–C–C–N with tert-alkyl or cyclic N) is 1. The number of carbonyl (C=O) groups is 2. The largest absolute Gasteiger partial charge is 0.464 e. The Balaban J connectivity index is 1.39. The van der Waals surface area contributed by atoms with Gasteiger partial charge in [0, 0.05) is 38.6 Å². The van der Waals surface area contributed by atoms with Crippen molar-refractivity contribution in [3.63, 3.8) is 0 Å². The highest BCUT2D eigenvalue weighted by Gasteiger charge is 2.64. The number of amides is 2. The van der Waals surface area contributed by atoms with E-state index in [2.05, 4.69) is 9.88 Å². The maximum Gasteiger partial charge on any atom is 0.252 e. The summed E-state index contributed by atoms with van der Waals surface area (Å²) in [5.41, 5.74) is 0.322. The highest BCUT2D eigenvalue weighted by molar-refractivity contribution is 6.06. The number of carbonyl (C=O) groups excluding carboxylic acids is 2. The number of pyridine rings is 1. The van der Waals surface area contributed by atoms with Gasteiger partial charge in [0.25, 0.3) is 5.91 Å². The first kappa shape index (κ1) is 18.5. The highest BCUT2D eigenvalue weighted by Crippen LogP contribution is 2.41. The molecule has 152 valence electrons. The first-order valence-electron chi connectivity index (χ1n) is 9.93. The molecule has 0 radical (unpaired) electrons. The van der Waals surface area contributed by atoms with Gasteiger partial charge in [-0.15, -0.1) is 0 Å². The topological polar surface area (TPSA) is 90.1 Å². The molecule has 5 rings (SSSR count). The second kappa shape index (κ2) is 6.76. The molecule has 2 atom stereocenters. The average Bonchev–Trinajstić information content (AvgIpc) is 3.27. The molecule has 2 amide bonds. The Kier molecular flexibility index (Phi) is 4.31. The molecule has 0 bridgehead atoms. The van der Waals surface area contributed by atoms with Gasteiger partial charge in [0.15, 0.2) is 0 Å². The molecule has 3 aliphatic heterocycles. The number of piperazine rings is 1. The van der Waals surface area contributed by atoms with Crippen LogP contribution in [0.3, 0.4) is 0 Å². The lowest BCUT2D eigenvalue weighted by Crippen LogP contribution is -2.81. The fourth-order valence-electron chi connectivity index (χ4n) is 4.92. The molecule has 3 aliphatic rings. The number of aliphatic hydroxyl groups excluding tert-OH is 1. The first-order chi connectivity index (χ1) is 14.0. The van der Waals surface area contributed by atoms with Gasteiger partial charge in [0.1, 0.15) is 17.1 Å². The van der Waals surface area contributed by atoms with Gasteiger partial charge in [-0.1, -0.05) is 6.07 Å². The fraction of sp³-hybridized carbons (Fsp3) is 0.476. The number of hydrogen-bond donors (Lipinski definition) is 1. The number of aliphatic hydroxyl groups is 1. The Morgan fingerprint density at radius 2 is 2.07 bits per heavy atom. The van der Waals surface area contributed by atoms with Crippen LogP contribution in [-0.4, -0.2) is 73.9 Å². The van der Waals surface area contributed by atoms with Crippen LogP contribution < -0.4 is 0 Å². The number of aryl methyl sites for hydroxylation is 1. The molecule has 3 fully saturated rings. The monoisotopic (exact) mass is 396 g/mol. The average molecular weight is 396 g/mol. The number of fused-ring (bicyclic) bond motifs is 2. The van der Waals surface area contributed by atoms with Crippen molar-refractivity contribution in [2.24, 2.45) is 0 Å². The summed E-state index contributed by atoms with van der Waals surface area (Å²) in [6, 6.07) is 7.08. The van der Waals surface area contributed by atoms with Crippen molar-refractivity contribution < 1.29 is 19.1 Å². The highest BCUT2D eigenvalue weighted by atomic mass is 16.3. The van der Waals surface area contributed by atoms with E-state index < -0.39 is 17.7 Å². The van der Waals surface area contributed by atoms with Gasteiger partial charge in [0.2, 0.25) is 5.91 Å². The minimum absolute atomic E-state index is 0.135. The molecular formula is C21H24N4O4. The van der Waals surface area contributed by atoms with Crippen LogP contribution in [0.5, 0.6) is 0 Å². The zero-order chi connectivity index (χ0) is 20.2. The van der Waals surface area contributed by atoms with E-state index in [1.54, 1.807) is 12.3 Å². The molecule has 0 aliphatic carbocycles. The molecule has 0 aromatic carbocycles. The second-order valence-electron chi connectivity index (χ2n) is 8.34. The van der Waals surface area contributed by atoms with Crippen LogP contribution >= 0.6 is 0 Å². The van der Waals surface area contributed by atoms with E-state index in [0.29, 0.717) is 38.4 Å². The van der Waals surface area contributed by atoms with Gasteiger partial charge in [-0.05, 0) is 37.1 Å². The predicted molar refractivity (Wildman–Crippen MR) is 102 cm³/mol. The number of hydrogen-bond acceptors (Lipinski definition) is 7. The quantitative estimate of drug-likeness (QED) is 0.755. The van der Waals surface area contributed by atoms with Crippen molar-refractivity contribution in [3.8, 4) is 0 Å². The van der Waals surface area contributed by atoms with E-state index >= 15 is 0 Å². The lowest BCUT2D eigenvalue weighted by molar-refractivity contribution is -0.181. The van der Waals surface area contributed by atoms with Gasteiger partial charge in [-0.25, -0.2) is 0 Å². The van der Waals surface area contributed by atoms with Crippen LogP contribution in [0.15, 0.2) is 41.1 Å². The molecule has 2 unspecified atom stereocenters. The number of likely N-dealkylation sites (tertiary alicyclic amines) is 1. The third-order valence-corrected chi connectivity index (χ3v) is 6.23. The summed E-state index contributed by atoms with van der Waals surface area (Å²) in [4.78, 5) is 36.2. The van der Waals surface area contributed by atoms with E-state index in [0.717, 1.165) is 11.3 Å². The Labute approximate surface area is 168 Å². The van der Waals surface area contributed by atoms with Gasteiger partial charge in [-0.2, -0.15) is 0 Å². The number of rotatable bonds is 4. The van der Waals surface area contributed by atoms with Crippen LogP contribution in [-0.2, 0) is 22.7 Å². The smallest absolute Gasteiger partial charge is 0.252 e. The standard InChI is InChI=1S/C21H24N4O4/c1-14-4-5-17(29-14)11-24-19(27)18-7-16(26)10-25(18)21(20(24)28)12-23(13-21)9-15-3-2-6-22-8-15/h2-6,8,16,18,26H,7,9-13H2,1H3. The maximum absolute atomic E-state index is 13.5. The molecule has 2 aromatic heterocycles. The molecule has 8 nitrogen and oxygen atoms in total. The Bertz CT molecular complexity index is 937. The van der Waals surface area contributed by atoms with Crippen molar-refractivity contribution >= 4 is 11.8 Å². The summed E-state index contributed by atoms with van der Waals surface area (Å²) in [7, 11) is 0. The SMILES string of the molecule is Cc1ccc(CN2C(=O)C3CC(O)CN3C3(CN(Cc4cccnc4)C3)C2=O)o1. The van der Waals surface area contributed by atoms with E-state index in [1.807, 2.05) is 36.2 Å². The molecule has 1 spiro atoms. The minimum Gasteiger partial charge on any atom is -0.464 e. The maximum atomic E-state index is 13.5. The molecule has 3 saturated heterocycles. The van der Waals surface area contributed by atoms with E-state index in [-0.39, 0.29) is 18.4 Å². The Morgan fingerprint density at radius 1 is 1.24 bits per heavy atom.